The van der Waals surface area contributed by atoms with Gasteiger partial charge in [0.25, 0.3) is 0 Å². The zero-order valence-electron chi connectivity index (χ0n) is 30.2. The molecule has 0 spiro atoms. The summed E-state index contributed by atoms with van der Waals surface area (Å²) in [5.74, 6) is 0. The summed E-state index contributed by atoms with van der Waals surface area (Å²) < 4.78 is 16.2. The summed E-state index contributed by atoms with van der Waals surface area (Å²) in [5, 5.41) is 8.62. The van der Waals surface area contributed by atoms with Crippen LogP contribution in [0.15, 0.2) is 0 Å². The van der Waals surface area contributed by atoms with Gasteiger partial charge in [-0.2, -0.15) is 0 Å². The summed E-state index contributed by atoms with van der Waals surface area (Å²) in [6, 6.07) is 0. The van der Waals surface area contributed by atoms with Crippen molar-refractivity contribution in [1.29, 1.82) is 0 Å². The fourth-order valence-corrected chi connectivity index (χ4v) is 6.19. The molecular formula is C40H82O4. The molecule has 0 fully saturated rings. The van der Waals surface area contributed by atoms with E-state index in [9.17, 15) is 0 Å². The van der Waals surface area contributed by atoms with Crippen LogP contribution in [0.2, 0.25) is 0 Å². The highest BCUT2D eigenvalue weighted by molar-refractivity contribution is 4.53. The first-order valence-electron chi connectivity index (χ1n) is 20.3. The van der Waals surface area contributed by atoms with Crippen LogP contribution in [0.3, 0.4) is 0 Å². The van der Waals surface area contributed by atoms with E-state index >= 15 is 0 Å². The Morgan fingerprint density at radius 3 is 0.705 bits per heavy atom. The monoisotopic (exact) mass is 627 g/mol. The number of hydrogen-bond donors (Lipinski definition) is 1. The molecule has 0 unspecified atom stereocenters. The SMILES string of the molecule is CCCCCCCCCCCCCCCCCCCCCCCCCCCCCCCCCCOCCOCCOCCO. The Hall–Kier alpha value is -0.160. The van der Waals surface area contributed by atoms with Gasteiger partial charge in [-0.25, -0.2) is 0 Å². The lowest BCUT2D eigenvalue weighted by Crippen LogP contribution is -2.11. The second-order valence-corrected chi connectivity index (χ2v) is 13.5. The van der Waals surface area contributed by atoms with Gasteiger partial charge in [0.1, 0.15) is 0 Å². The van der Waals surface area contributed by atoms with Crippen LogP contribution in [0, 0.1) is 0 Å². The van der Waals surface area contributed by atoms with Crippen molar-refractivity contribution < 1.29 is 19.3 Å². The van der Waals surface area contributed by atoms with Crippen molar-refractivity contribution in [1.82, 2.24) is 0 Å². The fourth-order valence-electron chi connectivity index (χ4n) is 6.19. The molecule has 0 radical (unpaired) electrons. The van der Waals surface area contributed by atoms with Crippen molar-refractivity contribution in [3.8, 4) is 0 Å². The maximum atomic E-state index is 8.62. The molecule has 0 aliphatic rings. The normalized spacial score (nSPS) is 11.6. The fraction of sp³-hybridized carbons (Fsp3) is 1.00. The van der Waals surface area contributed by atoms with E-state index in [0.29, 0.717) is 33.0 Å². The second kappa shape index (κ2) is 42.8. The number of rotatable bonds is 41. The Labute approximate surface area is 277 Å². The van der Waals surface area contributed by atoms with Gasteiger partial charge in [-0.3, -0.25) is 0 Å². The molecule has 0 saturated heterocycles. The van der Waals surface area contributed by atoms with Crippen molar-refractivity contribution in [2.75, 3.05) is 46.2 Å². The van der Waals surface area contributed by atoms with Crippen LogP contribution in [-0.4, -0.2) is 51.4 Å². The molecule has 0 rings (SSSR count). The van der Waals surface area contributed by atoms with Gasteiger partial charge in [-0.1, -0.05) is 206 Å². The molecule has 0 aromatic rings. The summed E-state index contributed by atoms with van der Waals surface area (Å²) in [6.45, 7) is 6.02. The zero-order chi connectivity index (χ0) is 31.7. The van der Waals surface area contributed by atoms with Crippen LogP contribution in [0.5, 0.6) is 0 Å². The first-order valence-corrected chi connectivity index (χ1v) is 20.3. The number of unbranched alkanes of at least 4 members (excludes halogenated alkanes) is 31. The highest BCUT2D eigenvalue weighted by atomic mass is 16.5. The molecule has 0 saturated carbocycles. The Morgan fingerprint density at radius 1 is 0.250 bits per heavy atom. The predicted molar refractivity (Wildman–Crippen MR) is 193 cm³/mol. The number of hydrogen-bond acceptors (Lipinski definition) is 4. The van der Waals surface area contributed by atoms with Crippen LogP contribution in [0.25, 0.3) is 0 Å². The molecular weight excluding hydrogens is 544 g/mol. The summed E-state index contributed by atoms with van der Waals surface area (Å²) in [6.07, 6.45) is 46.2. The molecule has 0 aromatic heterocycles. The first kappa shape index (κ1) is 43.8. The van der Waals surface area contributed by atoms with E-state index in [-0.39, 0.29) is 6.61 Å². The van der Waals surface area contributed by atoms with Crippen LogP contribution in [0.4, 0.5) is 0 Å². The summed E-state index contributed by atoms with van der Waals surface area (Å²) in [7, 11) is 0. The Morgan fingerprint density at radius 2 is 0.455 bits per heavy atom. The van der Waals surface area contributed by atoms with Crippen LogP contribution in [-0.2, 0) is 14.2 Å². The third-order valence-electron chi connectivity index (χ3n) is 9.12. The largest absolute Gasteiger partial charge is 0.394 e. The minimum atomic E-state index is 0.0723. The molecule has 4 heteroatoms. The van der Waals surface area contributed by atoms with E-state index in [2.05, 4.69) is 6.92 Å². The topological polar surface area (TPSA) is 47.9 Å². The van der Waals surface area contributed by atoms with Gasteiger partial charge in [-0.15, -0.1) is 0 Å². The van der Waals surface area contributed by atoms with Crippen molar-refractivity contribution >= 4 is 0 Å². The van der Waals surface area contributed by atoms with E-state index in [1.165, 1.54) is 205 Å². The molecule has 266 valence electrons. The first-order chi connectivity index (χ1) is 21.9. The Kier molecular flexibility index (Phi) is 42.7. The van der Waals surface area contributed by atoms with Crippen molar-refractivity contribution in [2.45, 2.75) is 212 Å². The van der Waals surface area contributed by atoms with E-state index in [0.717, 1.165) is 6.61 Å². The summed E-state index contributed by atoms with van der Waals surface area (Å²) in [4.78, 5) is 0. The lowest BCUT2D eigenvalue weighted by molar-refractivity contribution is 0.00719. The van der Waals surface area contributed by atoms with Crippen molar-refractivity contribution in [2.24, 2.45) is 0 Å². The van der Waals surface area contributed by atoms with Gasteiger partial charge in [0.2, 0.25) is 0 Å². The minimum absolute atomic E-state index is 0.0723. The average Bonchev–Trinajstić information content (AvgIpc) is 3.04. The molecule has 1 N–H and O–H groups in total. The quantitative estimate of drug-likeness (QED) is 0.0686. The number of aliphatic hydroxyl groups is 1. The smallest absolute Gasteiger partial charge is 0.0701 e. The van der Waals surface area contributed by atoms with E-state index in [1.54, 1.807) is 0 Å². The predicted octanol–water partition coefficient (Wildman–Crippen LogP) is 12.5. The van der Waals surface area contributed by atoms with Gasteiger partial charge >= 0.3 is 0 Å². The Bertz CT molecular complexity index is 430. The van der Waals surface area contributed by atoms with Crippen LogP contribution in [0.1, 0.15) is 212 Å². The molecule has 0 bridgehead atoms. The van der Waals surface area contributed by atoms with Gasteiger partial charge in [0, 0.05) is 6.61 Å². The molecule has 0 amide bonds. The van der Waals surface area contributed by atoms with E-state index < -0.39 is 0 Å². The standard InChI is InChI=1S/C40H82O4/c1-2-3-4-5-6-7-8-9-10-11-12-13-14-15-16-17-18-19-20-21-22-23-24-25-26-27-28-29-30-31-32-33-35-42-37-39-44-40-38-43-36-34-41/h41H,2-40H2,1H3. The van der Waals surface area contributed by atoms with Crippen molar-refractivity contribution in [3.05, 3.63) is 0 Å². The van der Waals surface area contributed by atoms with Gasteiger partial charge in [0.15, 0.2) is 0 Å². The average molecular weight is 627 g/mol. The lowest BCUT2D eigenvalue weighted by Gasteiger charge is -2.06. The summed E-state index contributed by atoms with van der Waals surface area (Å²) >= 11 is 0. The van der Waals surface area contributed by atoms with Crippen molar-refractivity contribution in [3.63, 3.8) is 0 Å². The third-order valence-corrected chi connectivity index (χ3v) is 9.12. The Balaban J connectivity index is 3.03. The highest BCUT2D eigenvalue weighted by Gasteiger charge is 1.98. The zero-order valence-corrected chi connectivity index (χ0v) is 30.2. The van der Waals surface area contributed by atoms with Crippen LogP contribution >= 0.6 is 0 Å². The number of aliphatic hydroxyl groups excluding tert-OH is 1. The van der Waals surface area contributed by atoms with Gasteiger partial charge in [-0.05, 0) is 6.42 Å². The molecule has 0 atom stereocenters. The summed E-state index contributed by atoms with van der Waals surface area (Å²) in [5.41, 5.74) is 0. The minimum Gasteiger partial charge on any atom is -0.394 e. The molecule has 0 aliphatic heterocycles. The number of ether oxygens (including phenoxy) is 3. The molecule has 0 heterocycles. The second-order valence-electron chi connectivity index (χ2n) is 13.5. The van der Waals surface area contributed by atoms with Gasteiger partial charge < -0.3 is 19.3 Å². The molecule has 44 heavy (non-hydrogen) atoms. The molecule has 0 aromatic carbocycles. The maximum absolute atomic E-state index is 8.62. The molecule has 0 aliphatic carbocycles. The van der Waals surface area contributed by atoms with Gasteiger partial charge in [0.05, 0.1) is 39.6 Å². The highest BCUT2D eigenvalue weighted by Crippen LogP contribution is 2.16. The third kappa shape index (κ3) is 41.8. The molecule has 4 nitrogen and oxygen atoms in total. The van der Waals surface area contributed by atoms with Crippen LogP contribution < -0.4 is 0 Å². The maximum Gasteiger partial charge on any atom is 0.0701 e. The van der Waals surface area contributed by atoms with E-state index in [1.807, 2.05) is 0 Å². The van der Waals surface area contributed by atoms with E-state index in [4.69, 9.17) is 19.3 Å². The lowest BCUT2D eigenvalue weighted by atomic mass is 10.0.